The van der Waals surface area contributed by atoms with E-state index >= 15 is 0 Å². The Morgan fingerprint density at radius 3 is 2.70 bits per heavy atom. The lowest BCUT2D eigenvalue weighted by Crippen LogP contribution is -2.45. The van der Waals surface area contributed by atoms with Crippen molar-refractivity contribution in [3.8, 4) is 0 Å². The van der Waals surface area contributed by atoms with Gasteiger partial charge in [0.1, 0.15) is 11.5 Å². The summed E-state index contributed by atoms with van der Waals surface area (Å²) >= 11 is 1.15. The normalized spacial score (nSPS) is 17.2. The van der Waals surface area contributed by atoms with Gasteiger partial charge in [0.2, 0.25) is 5.91 Å². The molecular weight excluding hydrogens is 466 g/mol. The third-order valence-corrected chi connectivity index (χ3v) is 7.86. The number of fused-ring (bicyclic) bond motifs is 1. The number of hydrogen-bond donors (Lipinski definition) is 0. The average Bonchev–Trinajstić information content (AvgIpc) is 3.08. The van der Waals surface area contributed by atoms with E-state index in [1.807, 2.05) is 6.92 Å². The van der Waals surface area contributed by atoms with Gasteiger partial charge < -0.3 is 14.2 Å². The standard InChI is InChI=1S/C22H27N3O6S2/c1-4-10-25-17-9-8-16(21(28)31-3)12-18(17)32-22(25)23-19(26)13-33(29,30)14-20(27)24-11-6-5-7-15(24)2/h4,8-9,12,15H,1,5-7,10-11,13-14H2,2-3H3. The monoisotopic (exact) mass is 493 g/mol. The first-order chi connectivity index (χ1) is 15.6. The fraction of sp³-hybridized carbons (Fsp3) is 0.455. The van der Waals surface area contributed by atoms with E-state index in [-0.39, 0.29) is 10.8 Å². The second kappa shape index (κ2) is 10.4. The van der Waals surface area contributed by atoms with Crippen LogP contribution in [0, 0.1) is 0 Å². The Morgan fingerprint density at radius 1 is 1.27 bits per heavy atom. The quantitative estimate of drug-likeness (QED) is 0.430. The van der Waals surface area contributed by atoms with E-state index in [0.29, 0.717) is 23.4 Å². The Morgan fingerprint density at radius 2 is 2.03 bits per heavy atom. The lowest BCUT2D eigenvalue weighted by atomic mass is 10.0. The SMILES string of the molecule is C=CCn1c(=NC(=O)CS(=O)(=O)CC(=O)N2CCCCC2C)sc2cc(C(=O)OC)ccc21. The van der Waals surface area contributed by atoms with E-state index in [2.05, 4.69) is 11.6 Å². The number of carbonyl (C=O) groups is 3. The zero-order valence-electron chi connectivity index (χ0n) is 18.7. The fourth-order valence-corrected chi connectivity index (χ4v) is 6.01. The summed E-state index contributed by atoms with van der Waals surface area (Å²) in [5, 5.41) is 0. The highest BCUT2D eigenvalue weighted by Crippen LogP contribution is 2.20. The first kappa shape index (κ1) is 24.8. The molecule has 0 bridgehead atoms. The van der Waals surface area contributed by atoms with Gasteiger partial charge in [-0.25, -0.2) is 13.2 Å². The molecule has 1 atom stereocenters. The maximum absolute atomic E-state index is 12.5. The predicted octanol–water partition coefficient (Wildman–Crippen LogP) is 1.92. The number of hydrogen-bond acceptors (Lipinski definition) is 7. The van der Waals surface area contributed by atoms with Gasteiger partial charge in [0.25, 0.3) is 5.91 Å². The summed E-state index contributed by atoms with van der Waals surface area (Å²) in [6.07, 6.45) is 4.32. The summed E-state index contributed by atoms with van der Waals surface area (Å²) in [4.78, 5) is 42.7. The molecule has 11 heteroatoms. The molecule has 0 N–H and O–H groups in total. The van der Waals surface area contributed by atoms with Gasteiger partial charge in [-0.3, -0.25) is 9.59 Å². The molecular formula is C22H27N3O6S2. The number of sulfone groups is 1. The van der Waals surface area contributed by atoms with Crippen molar-refractivity contribution in [2.24, 2.45) is 4.99 Å². The van der Waals surface area contributed by atoms with Crippen molar-refractivity contribution in [2.75, 3.05) is 25.2 Å². The topological polar surface area (TPSA) is 115 Å². The number of rotatable bonds is 7. The van der Waals surface area contributed by atoms with Crippen LogP contribution in [0.4, 0.5) is 0 Å². The highest BCUT2D eigenvalue weighted by atomic mass is 32.2. The van der Waals surface area contributed by atoms with Gasteiger partial charge >= 0.3 is 5.97 Å². The van der Waals surface area contributed by atoms with E-state index in [1.165, 1.54) is 7.11 Å². The van der Waals surface area contributed by atoms with E-state index in [4.69, 9.17) is 4.74 Å². The molecule has 9 nitrogen and oxygen atoms in total. The minimum Gasteiger partial charge on any atom is -0.465 e. The van der Waals surface area contributed by atoms with E-state index in [1.54, 1.807) is 33.7 Å². The highest BCUT2D eigenvalue weighted by Gasteiger charge is 2.28. The number of thiazole rings is 1. The molecule has 1 unspecified atom stereocenters. The molecule has 1 aromatic carbocycles. The maximum Gasteiger partial charge on any atom is 0.337 e. The molecule has 0 radical (unpaired) electrons. The lowest BCUT2D eigenvalue weighted by molar-refractivity contribution is -0.131. The molecule has 0 aliphatic carbocycles. The minimum absolute atomic E-state index is 0.00636. The predicted molar refractivity (Wildman–Crippen MR) is 126 cm³/mol. The van der Waals surface area contributed by atoms with Crippen LogP contribution in [0.3, 0.4) is 0 Å². The van der Waals surface area contributed by atoms with Gasteiger partial charge in [-0.1, -0.05) is 17.4 Å². The third kappa shape index (κ3) is 5.97. The van der Waals surface area contributed by atoms with Gasteiger partial charge in [-0.2, -0.15) is 4.99 Å². The third-order valence-electron chi connectivity index (χ3n) is 5.45. The Kier molecular flexibility index (Phi) is 7.85. The number of allylic oxidation sites excluding steroid dienone is 1. The molecule has 1 fully saturated rings. The minimum atomic E-state index is -3.97. The van der Waals surface area contributed by atoms with Crippen molar-refractivity contribution in [3.63, 3.8) is 0 Å². The zero-order chi connectivity index (χ0) is 24.2. The number of benzene rings is 1. The van der Waals surface area contributed by atoms with Gasteiger partial charge in [0.15, 0.2) is 14.6 Å². The first-order valence-electron chi connectivity index (χ1n) is 10.5. The van der Waals surface area contributed by atoms with Crippen LogP contribution in [0.2, 0.25) is 0 Å². The number of methoxy groups -OCH3 is 1. The van der Waals surface area contributed by atoms with Crippen LogP contribution in [-0.2, 0) is 30.7 Å². The largest absolute Gasteiger partial charge is 0.465 e. The number of aromatic nitrogens is 1. The zero-order valence-corrected chi connectivity index (χ0v) is 20.3. The van der Waals surface area contributed by atoms with E-state index in [0.717, 1.165) is 36.1 Å². The molecule has 0 saturated carbocycles. The summed E-state index contributed by atoms with van der Waals surface area (Å²) < 4.78 is 32.2. The van der Waals surface area contributed by atoms with Crippen LogP contribution in [-0.4, -0.2) is 66.9 Å². The van der Waals surface area contributed by atoms with Crippen molar-refractivity contribution < 1.29 is 27.5 Å². The number of ether oxygens (including phenoxy) is 1. The molecule has 1 aliphatic heterocycles. The molecule has 3 rings (SSSR count). The Balaban J connectivity index is 1.84. The summed E-state index contributed by atoms with van der Waals surface area (Å²) in [6.45, 7) is 6.48. The van der Waals surface area contributed by atoms with Crippen molar-refractivity contribution >= 4 is 49.2 Å². The van der Waals surface area contributed by atoms with Crippen LogP contribution in [0.5, 0.6) is 0 Å². The van der Waals surface area contributed by atoms with Gasteiger partial charge in [0.05, 0.1) is 22.9 Å². The van der Waals surface area contributed by atoms with E-state index in [9.17, 15) is 22.8 Å². The lowest BCUT2D eigenvalue weighted by Gasteiger charge is -2.33. The summed E-state index contributed by atoms with van der Waals surface area (Å²) in [7, 11) is -2.68. The molecule has 2 aromatic rings. The molecule has 0 spiro atoms. The molecule has 2 amide bonds. The maximum atomic E-state index is 12.5. The van der Waals surface area contributed by atoms with Crippen LogP contribution in [0.15, 0.2) is 35.8 Å². The van der Waals surface area contributed by atoms with E-state index < -0.39 is 39.1 Å². The van der Waals surface area contributed by atoms with Crippen molar-refractivity contribution in [3.05, 3.63) is 41.2 Å². The molecule has 178 valence electrons. The second-order valence-corrected chi connectivity index (χ2v) is 11.0. The molecule has 1 aromatic heterocycles. The molecule has 1 aliphatic rings. The number of esters is 1. The number of carbonyl (C=O) groups excluding carboxylic acids is 3. The molecule has 33 heavy (non-hydrogen) atoms. The number of piperidine rings is 1. The van der Waals surface area contributed by atoms with Crippen molar-refractivity contribution in [2.45, 2.75) is 38.8 Å². The number of nitrogens with zero attached hydrogens (tertiary/aromatic N) is 3. The van der Waals surface area contributed by atoms with Gasteiger partial charge in [0, 0.05) is 19.1 Å². The van der Waals surface area contributed by atoms with Crippen LogP contribution < -0.4 is 4.80 Å². The second-order valence-electron chi connectivity index (χ2n) is 7.93. The van der Waals surface area contributed by atoms with Crippen LogP contribution in [0.25, 0.3) is 10.2 Å². The molecule has 2 heterocycles. The fourth-order valence-electron chi connectivity index (χ4n) is 3.83. The van der Waals surface area contributed by atoms with Crippen molar-refractivity contribution in [1.82, 2.24) is 9.47 Å². The Bertz CT molecular complexity index is 1260. The van der Waals surface area contributed by atoms with Crippen LogP contribution in [0.1, 0.15) is 36.5 Å². The molecule has 1 saturated heterocycles. The van der Waals surface area contributed by atoms with Gasteiger partial charge in [-0.15, -0.1) is 6.58 Å². The Hall–Kier alpha value is -2.79. The highest BCUT2D eigenvalue weighted by molar-refractivity contribution is 7.92. The summed E-state index contributed by atoms with van der Waals surface area (Å²) in [6, 6.07) is 4.93. The summed E-state index contributed by atoms with van der Waals surface area (Å²) in [5.74, 6) is -3.38. The summed E-state index contributed by atoms with van der Waals surface area (Å²) in [5.41, 5.74) is 1.07. The van der Waals surface area contributed by atoms with Crippen LogP contribution >= 0.6 is 11.3 Å². The average molecular weight is 494 g/mol. The Labute approximate surface area is 196 Å². The van der Waals surface area contributed by atoms with Crippen molar-refractivity contribution in [1.29, 1.82) is 0 Å². The smallest absolute Gasteiger partial charge is 0.337 e. The van der Waals surface area contributed by atoms with Gasteiger partial charge in [-0.05, 0) is 44.4 Å². The number of amides is 2. The number of likely N-dealkylation sites (tertiary alicyclic amines) is 1. The first-order valence-corrected chi connectivity index (χ1v) is 13.2.